The fourth-order valence-corrected chi connectivity index (χ4v) is 2.88. The predicted octanol–water partition coefficient (Wildman–Crippen LogP) is 1.81. The van der Waals surface area contributed by atoms with Gasteiger partial charge in [-0.3, -0.25) is 4.79 Å². The number of carbonyl (C=O) groups excluding carboxylic acids is 1. The van der Waals surface area contributed by atoms with Crippen molar-refractivity contribution in [2.75, 3.05) is 38.2 Å². The summed E-state index contributed by atoms with van der Waals surface area (Å²) >= 11 is 0. The Morgan fingerprint density at radius 3 is 2.67 bits per heavy atom. The molecule has 0 radical (unpaired) electrons. The highest BCUT2D eigenvalue weighted by Crippen LogP contribution is 2.34. The third-order valence-electron chi connectivity index (χ3n) is 3.96. The zero-order valence-corrected chi connectivity index (χ0v) is 13.0. The molecule has 1 aromatic carbocycles. The SMILES string of the molecule is COc1cccc(N2CCCN(C(C)=O)CC2)c1[C@H](C)O. The van der Waals surface area contributed by atoms with E-state index < -0.39 is 6.10 Å². The van der Waals surface area contributed by atoms with Crippen molar-refractivity contribution in [3.8, 4) is 5.75 Å². The summed E-state index contributed by atoms with van der Waals surface area (Å²) in [4.78, 5) is 15.6. The number of aliphatic hydroxyl groups excluding tert-OH is 1. The number of aliphatic hydroxyl groups is 1. The summed E-state index contributed by atoms with van der Waals surface area (Å²) in [5.41, 5.74) is 1.81. The Morgan fingerprint density at radius 2 is 2.05 bits per heavy atom. The molecule has 1 atom stereocenters. The lowest BCUT2D eigenvalue weighted by Gasteiger charge is -2.27. The van der Waals surface area contributed by atoms with Gasteiger partial charge in [-0.2, -0.15) is 0 Å². The van der Waals surface area contributed by atoms with Crippen LogP contribution in [-0.4, -0.2) is 49.2 Å². The quantitative estimate of drug-likeness (QED) is 0.923. The molecule has 0 spiro atoms. The molecule has 2 rings (SSSR count). The standard InChI is InChI=1S/C16H24N2O3/c1-12(19)16-14(6-4-7-15(16)21-3)18-9-5-8-17(10-11-18)13(2)20/h4,6-7,12,19H,5,8-11H2,1-3H3/t12-/m0/s1. The van der Waals surface area contributed by atoms with Gasteiger partial charge in [-0.15, -0.1) is 0 Å². The molecule has 0 aliphatic carbocycles. The maximum absolute atomic E-state index is 11.5. The number of amides is 1. The van der Waals surface area contributed by atoms with Crippen molar-refractivity contribution in [2.24, 2.45) is 0 Å². The Balaban J connectivity index is 2.27. The van der Waals surface area contributed by atoms with Gasteiger partial charge < -0.3 is 19.6 Å². The molecule has 5 nitrogen and oxygen atoms in total. The van der Waals surface area contributed by atoms with Crippen LogP contribution in [-0.2, 0) is 4.79 Å². The third-order valence-corrected chi connectivity index (χ3v) is 3.96. The molecule has 1 N–H and O–H groups in total. The van der Waals surface area contributed by atoms with Crippen molar-refractivity contribution in [1.29, 1.82) is 0 Å². The summed E-state index contributed by atoms with van der Waals surface area (Å²) in [6, 6.07) is 5.81. The van der Waals surface area contributed by atoms with Gasteiger partial charge in [0.25, 0.3) is 0 Å². The zero-order valence-electron chi connectivity index (χ0n) is 13.0. The number of hydrogen-bond acceptors (Lipinski definition) is 4. The number of carbonyl (C=O) groups is 1. The van der Waals surface area contributed by atoms with Gasteiger partial charge in [-0.1, -0.05) is 6.07 Å². The van der Waals surface area contributed by atoms with Gasteiger partial charge >= 0.3 is 0 Å². The van der Waals surface area contributed by atoms with Crippen molar-refractivity contribution < 1.29 is 14.6 Å². The molecule has 1 saturated heterocycles. The maximum atomic E-state index is 11.5. The van der Waals surface area contributed by atoms with Crippen LogP contribution in [0.25, 0.3) is 0 Å². The summed E-state index contributed by atoms with van der Waals surface area (Å²) in [5.74, 6) is 0.827. The van der Waals surface area contributed by atoms with Crippen LogP contribution in [0, 0.1) is 0 Å². The van der Waals surface area contributed by atoms with E-state index in [1.807, 2.05) is 23.1 Å². The number of anilines is 1. The minimum Gasteiger partial charge on any atom is -0.496 e. The lowest BCUT2D eigenvalue weighted by molar-refractivity contribution is -0.128. The van der Waals surface area contributed by atoms with Gasteiger partial charge in [-0.05, 0) is 25.5 Å². The molecular formula is C16H24N2O3. The molecule has 116 valence electrons. The largest absolute Gasteiger partial charge is 0.496 e. The normalized spacial score (nSPS) is 17.3. The second-order valence-electron chi connectivity index (χ2n) is 5.42. The lowest BCUT2D eigenvalue weighted by Crippen LogP contribution is -2.34. The first-order chi connectivity index (χ1) is 10.0. The van der Waals surface area contributed by atoms with E-state index in [0.29, 0.717) is 12.3 Å². The highest BCUT2D eigenvalue weighted by molar-refractivity contribution is 5.73. The van der Waals surface area contributed by atoms with E-state index in [2.05, 4.69) is 4.90 Å². The average molecular weight is 292 g/mol. The van der Waals surface area contributed by atoms with Crippen LogP contribution in [0.15, 0.2) is 18.2 Å². The van der Waals surface area contributed by atoms with E-state index in [1.165, 1.54) is 0 Å². The van der Waals surface area contributed by atoms with Gasteiger partial charge in [0.05, 0.1) is 13.2 Å². The van der Waals surface area contributed by atoms with Crippen LogP contribution >= 0.6 is 0 Å². The molecule has 1 aromatic rings. The predicted molar refractivity (Wildman–Crippen MR) is 82.7 cm³/mol. The van der Waals surface area contributed by atoms with Gasteiger partial charge in [-0.25, -0.2) is 0 Å². The van der Waals surface area contributed by atoms with E-state index in [9.17, 15) is 9.90 Å². The summed E-state index contributed by atoms with van der Waals surface area (Å²) in [7, 11) is 1.62. The molecule has 5 heteroatoms. The Morgan fingerprint density at radius 1 is 1.29 bits per heavy atom. The fraction of sp³-hybridized carbons (Fsp3) is 0.562. The van der Waals surface area contributed by atoms with E-state index in [0.717, 1.165) is 37.3 Å². The molecule has 0 bridgehead atoms. The topological polar surface area (TPSA) is 53.0 Å². The number of nitrogens with zero attached hydrogens (tertiary/aromatic N) is 2. The molecule has 1 aliphatic rings. The smallest absolute Gasteiger partial charge is 0.219 e. The fourth-order valence-electron chi connectivity index (χ4n) is 2.88. The minimum atomic E-state index is -0.594. The first-order valence-electron chi connectivity index (χ1n) is 7.40. The van der Waals surface area contributed by atoms with Crippen LogP contribution in [0.5, 0.6) is 5.75 Å². The van der Waals surface area contributed by atoms with Crippen molar-refractivity contribution in [3.63, 3.8) is 0 Å². The highest BCUT2D eigenvalue weighted by Gasteiger charge is 2.22. The molecule has 0 saturated carbocycles. The van der Waals surface area contributed by atoms with Crippen LogP contribution < -0.4 is 9.64 Å². The second kappa shape index (κ2) is 6.80. The van der Waals surface area contributed by atoms with Crippen LogP contribution in [0.3, 0.4) is 0 Å². The molecule has 1 fully saturated rings. The van der Waals surface area contributed by atoms with Crippen molar-refractivity contribution in [3.05, 3.63) is 23.8 Å². The zero-order chi connectivity index (χ0) is 15.4. The van der Waals surface area contributed by atoms with Crippen LogP contribution in [0.4, 0.5) is 5.69 Å². The van der Waals surface area contributed by atoms with Crippen molar-refractivity contribution >= 4 is 11.6 Å². The van der Waals surface area contributed by atoms with Crippen LogP contribution in [0.2, 0.25) is 0 Å². The number of hydrogen-bond donors (Lipinski definition) is 1. The summed E-state index contributed by atoms with van der Waals surface area (Å²) in [5, 5.41) is 10.1. The Bertz CT molecular complexity index is 502. The van der Waals surface area contributed by atoms with Gasteiger partial charge in [0, 0.05) is 44.4 Å². The van der Waals surface area contributed by atoms with Crippen molar-refractivity contribution in [2.45, 2.75) is 26.4 Å². The minimum absolute atomic E-state index is 0.123. The molecule has 21 heavy (non-hydrogen) atoms. The maximum Gasteiger partial charge on any atom is 0.219 e. The number of benzene rings is 1. The second-order valence-corrected chi connectivity index (χ2v) is 5.42. The van der Waals surface area contributed by atoms with E-state index >= 15 is 0 Å². The summed E-state index contributed by atoms with van der Waals surface area (Å²) in [6.07, 6.45) is 0.332. The molecule has 1 aliphatic heterocycles. The highest BCUT2D eigenvalue weighted by atomic mass is 16.5. The van der Waals surface area contributed by atoms with E-state index in [1.54, 1.807) is 21.0 Å². The molecular weight excluding hydrogens is 268 g/mol. The summed E-state index contributed by atoms with van der Waals surface area (Å²) < 4.78 is 5.38. The first-order valence-corrected chi connectivity index (χ1v) is 7.40. The molecule has 1 amide bonds. The molecule has 1 heterocycles. The third kappa shape index (κ3) is 3.47. The summed E-state index contributed by atoms with van der Waals surface area (Å²) in [6.45, 7) is 6.51. The molecule has 0 unspecified atom stereocenters. The van der Waals surface area contributed by atoms with Crippen molar-refractivity contribution in [1.82, 2.24) is 4.90 Å². The monoisotopic (exact) mass is 292 g/mol. The Labute approximate surface area is 126 Å². The van der Waals surface area contributed by atoms with Gasteiger partial charge in [0.2, 0.25) is 5.91 Å². The Hall–Kier alpha value is -1.75. The van der Waals surface area contributed by atoms with Gasteiger partial charge in [0.1, 0.15) is 5.75 Å². The molecule has 0 aromatic heterocycles. The average Bonchev–Trinajstić information content (AvgIpc) is 2.72. The lowest BCUT2D eigenvalue weighted by atomic mass is 10.1. The van der Waals surface area contributed by atoms with E-state index in [4.69, 9.17) is 4.74 Å². The first kappa shape index (κ1) is 15.6. The van der Waals surface area contributed by atoms with Gasteiger partial charge in [0.15, 0.2) is 0 Å². The number of methoxy groups -OCH3 is 1. The number of rotatable bonds is 3. The number of ether oxygens (including phenoxy) is 1. The van der Waals surface area contributed by atoms with Crippen LogP contribution in [0.1, 0.15) is 31.9 Å². The van der Waals surface area contributed by atoms with E-state index in [-0.39, 0.29) is 5.91 Å². The Kier molecular flexibility index (Phi) is 5.07.